The Kier molecular flexibility index (Phi) is 4.79. The number of sulfonamides is 1. The Morgan fingerprint density at radius 1 is 1.50 bits per heavy atom. The summed E-state index contributed by atoms with van der Waals surface area (Å²) in [6.45, 7) is 2.89. The Hall–Kier alpha value is -2.00. The summed E-state index contributed by atoms with van der Waals surface area (Å²) < 4.78 is 26.1. The van der Waals surface area contributed by atoms with Gasteiger partial charge in [0.2, 0.25) is 10.0 Å². The second kappa shape index (κ2) is 5.97. The number of hydrogen-bond acceptors (Lipinski definition) is 5. The molecule has 110 valence electrons. The van der Waals surface area contributed by atoms with E-state index in [1.54, 1.807) is 0 Å². The van der Waals surface area contributed by atoms with Gasteiger partial charge < -0.3 is 5.11 Å². The first kappa shape index (κ1) is 16.1. The summed E-state index contributed by atoms with van der Waals surface area (Å²) in [4.78, 5) is 20.3. The Morgan fingerprint density at radius 2 is 2.10 bits per heavy atom. The number of carboxylic acid groups (broad SMARTS) is 1. The molecule has 0 fully saturated rings. The van der Waals surface area contributed by atoms with Crippen LogP contribution in [0.2, 0.25) is 0 Å². The van der Waals surface area contributed by atoms with Gasteiger partial charge in [-0.05, 0) is 19.9 Å². The zero-order chi connectivity index (χ0) is 15.5. The molecule has 0 amide bonds. The number of hydrogen-bond donors (Lipinski definition) is 2. The van der Waals surface area contributed by atoms with Gasteiger partial charge in [-0.3, -0.25) is 14.9 Å². The van der Waals surface area contributed by atoms with Gasteiger partial charge in [0.05, 0.1) is 16.2 Å². The molecule has 20 heavy (non-hydrogen) atoms. The largest absolute Gasteiger partial charge is 0.481 e. The van der Waals surface area contributed by atoms with Crippen LogP contribution in [-0.4, -0.2) is 30.5 Å². The lowest BCUT2D eigenvalue weighted by atomic mass is 10.2. The van der Waals surface area contributed by atoms with Crippen molar-refractivity contribution < 1.29 is 23.2 Å². The van der Waals surface area contributed by atoms with Crippen molar-refractivity contribution in [1.82, 2.24) is 4.72 Å². The van der Waals surface area contributed by atoms with Crippen LogP contribution in [-0.2, 0) is 14.8 Å². The number of nitro benzene ring substituents is 1. The average Bonchev–Trinajstić information content (AvgIpc) is 2.26. The fourth-order valence-corrected chi connectivity index (χ4v) is 2.85. The Labute approximate surface area is 115 Å². The van der Waals surface area contributed by atoms with Crippen LogP contribution in [0.4, 0.5) is 5.69 Å². The lowest BCUT2D eigenvalue weighted by molar-refractivity contribution is -0.385. The highest BCUT2D eigenvalue weighted by atomic mass is 32.2. The van der Waals surface area contributed by atoms with E-state index >= 15 is 0 Å². The van der Waals surface area contributed by atoms with E-state index in [2.05, 4.69) is 4.72 Å². The van der Waals surface area contributed by atoms with Crippen molar-refractivity contribution in [3.63, 3.8) is 0 Å². The van der Waals surface area contributed by atoms with Gasteiger partial charge in [-0.2, -0.15) is 0 Å². The van der Waals surface area contributed by atoms with E-state index < -0.39 is 27.0 Å². The van der Waals surface area contributed by atoms with Crippen LogP contribution in [0.5, 0.6) is 0 Å². The third kappa shape index (κ3) is 4.00. The monoisotopic (exact) mass is 302 g/mol. The molecular weight excluding hydrogens is 288 g/mol. The van der Waals surface area contributed by atoms with Crippen LogP contribution < -0.4 is 4.72 Å². The summed E-state index contributed by atoms with van der Waals surface area (Å²) >= 11 is 0. The molecule has 0 radical (unpaired) electrons. The molecule has 0 aliphatic rings. The lowest BCUT2D eigenvalue weighted by Gasteiger charge is -2.12. The minimum atomic E-state index is -4.00. The third-order valence-corrected chi connectivity index (χ3v) is 4.11. The van der Waals surface area contributed by atoms with Crippen molar-refractivity contribution in [2.24, 2.45) is 0 Å². The van der Waals surface area contributed by atoms with Gasteiger partial charge in [-0.25, -0.2) is 13.1 Å². The molecule has 8 nitrogen and oxygen atoms in total. The van der Waals surface area contributed by atoms with E-state index in [1.807, 2.05) is 0 Å². The van der Waals surface area contributed by atoms with Crippen LogP contribution in [0.15, 0.2) is 23.1 Å². The quantitative estimate of drug-likeness (QED) is 0.597. The second-order valence-corrected chi connectivity index (χ2v) is 6.04. The van der Waals surface area contributed by atoms with E-state index in [-0.39, 0.29) is 17.0 Å². The first-order chi connectivity index (χ1) is 9.13. The number of aryl methyl sites for hydroxylation is 1. The molecule has 0 saturated heterocycles. The van der Waals surface area contributed by atoms with Crippen molar-refractivity contribution in [1.29, 1.82) is 0 Å². The zero-order valence-electron chi connectivity index (χ0n) is 10.9. The Morgan fingerprint density at radius 3 is 2.60 bits per heavy atom. The number of benzene rings is 1. The minimum absolute atomic E-state index is 0.271. The SMILES string of the molecule is Cc1ccc(S(=O)(=O)NC(C)CC(=O)O)cc1[N+](=O)[O-]. The Bertz CT molecular complexity index is 640. The predicted molar refractivity (Wildman–Crippen MR) is 69.9 cm³/mol. The number of aliphatic carboxylic acids is 1. The van der Waals surface area contributed by atoms with E-state index in [0.29, 0.717) is 5.56 Å². The summed E-state index contributed by atoms with van der Waals surface area (Å²) in [5, 5.41) is 19.4. The van der Waals surface area contributed by atoms with Gasteiger partial charge in [0.15, 0.2) is 0 Å². The summed E-state index contributed by atoms with van der Waals surface area (Å²) in [6.07, 6.45) is -0.382. The fourth-order valence-electron chi connectivity index (χ4n) is 1.59. The van der Waals surface area contributed by atoms with Gasteiger partial charge in [0.1, 0.15) is 0 Å². The number of nitrogens with one attached hydrogen (secondary N) is 1. The second-order valence-electron chi connectivity index (χ2n) is 4.33. The van der Waals surface area contributed by atoms with E-state index in [1.165, 1.54) is 26.0 Å². The summed E-state index contributed by atoms with van der Waals surface area (Å²) in [5.74, 6) is -1.14. The molecule has 0 aliphatic carbocycles. The van der Waals surface area contributed by atoms with E-state index in [4.69, 9.17) is 5.11 Å². The first-order valence-electron chi connectivity index (χ1n) is 5.62. The van der Waals surface area contributed by atoms with Crippen molar-refractivity contribution in [3.8, 4) is 0 Å². The number of carboxylic acids is 1. The lowest BCUT2D eigenvalue weighted by Crippen LogP contribution is -2.34. The van der Waals surface area contributed by atoms with Crippen molar-refractivity contribution in [2.75, 3.05) is 0 Å². The van der Waals surface area contributed by atoms with Crippen LogP contribution in [0, 0.1) is 17.0 Å². The molecular formula is C11H14N2O6S. The molecule has 1 rings (SSSR count). The van der Waals surface area contributed by atoms with Crippen molar-refractivity contribution in [3.05, 3.63) is 33.9 Å². The maximum absolute atomic E-state index is 12.0. The zero-order valence-corrected chi connectivity index (χ0v) is 11.7. The maximum atomic E-state index is 12.0. The van der Waals surface area contributed by atoms with Gasteiger partial charge in [-0.15, -0.1) is 0 Å². The number of nitrogens with zero attached hydrogens (tertiary/aromatic N) is 1. The molecule has 0 aliphatic heterocycles. The number of nitro groups is 1. The molecule has 1 aromatic carbocycles. The molecule has 0 aromatic heterocycles. The highest BCUT2D eigenvalue weighted by Gasteiger charge is 2.22. The topological polar surface area (TPSA) is 127 Å². The Balaban J connectivity index is 3.07. The molecule has 1 aromatic rings. The maximum Gasteiger partial charge on any atom is 0.304 e. The average molecular weight is 302 g/mol. The highest BCUT2D eigenvalue weighted by Crippen LogP contribution is 2.22. The summed E-state index contributed by atoms with van der Waals surface area (Å²) in [7, 11) is -4.00. The molecule has 9 heteroatoms. The molecule has 0 spiro atoms. The highest BCUT2D eigenvalue weighted by molar-refractivity contribution is 7.89. The van der Waals surface area contributed by atoms with Gasteiger partial charge in [0.25, 0.3) is 5.69 Å². The van der Waals surface area contributed by atoms with Crippen LogP contribution in [0.3, 0.4) is 0 Å². The summed E-state index contributed by atoms with van der Waals surface area (Å²) in [5.41, 5.74) is 0.0336. The van der Waals surface area contributed by atoms with Gasteiger partial charge in [-0.1, -0.05) is 6.07 Å². The minimum Gasteiger partial charge on any atom is -0.481 e. The standard InChI is InChI=1S/C11H14N2O6S/c1-7-3-4-9(6-10(7)13(16)17)20(18,19)12-8(2)5-11(14)15/h3-4,6,8,12H,5H2,1-2H3,(H,14,15). The van der Waals surface area contributed by atoms with Crippen LogP contribution in [0.1, 0.15) is 18.9 Å². The smallest absolute Gasteiger partial charge is 0.304 e. The van der Waals surface area contributed by atoms with Crippen LogP contribution >= 0.6 is 0 Å². The molecule has 1 atom stereocenters. The molecule has 0 saturated carbocycles. The molecule has 0 bridgehead atoms. The number of carbonyl (C=O) groups is 1. The molecule has 0 heterocycles. The number of rotatable bonds is 6. The van der Waals surface area contributed by atoms with Crippen molar-refractivity contribution in [2.45, 2.75) is 31.2 Å². The normalized spacial score (nSPS) is 12.9. The van der Waals surface area contributed by atoms with Gasteiger partial charge >= 0.3 is 5.97 Å². The van der Waals surface area contributed by atoms with Gasteiger partial charge in [0, 0.05) is 17.7 Å². The van der Waals surface area contributed by atoms with Crippen molar-refractivity contribution >= 4 is 21.7 Å². The van der Waals surface area contributed by atoms with E-state index in [0.717, 1.165) is 6.07 Å². The first-order valence-corrected chi connectivity index (χ1v) is 7.11. The predicted octanol–water partition coefficient (Wildman–Crippen LogP) is 1.04. The van der Waals surface area contributed by atoms with E-state index in [9.17, 15) is 23.3 Å². The molecule has 1 unspecified atom stereocenters. The molecule has 2 N–H and O–H groups in total. The fraction of sp³-hybridized carbons (Fsp3) is 0.364. The third-order valence-electron chi connectivity index (χ3n) is 2.52. The summed E-state index contributed by atoms with van der Waals surface area (Å²) in [6, 6.07) is 2.69. The van der Waals surface area contributed by atoms with Crippen LogP contribution in [0.25, 0.3) is 0 Å².